The first kappa shape index (κ1) is 19.8. The molecule has 1 aliphatic rings. The molecular formula is C19H19FN4O3S. The number of aryl methyl sites for hydroxylation is 2. The highest BCUT2D eigenvalue weighted by Gasteiger charge is 2.33. The van der Waals surface area contributed by atoms with Gasteiger partial charge in [-0.15, -0.1) is 0 Å². The van der Waals surface area contributed by atoms with Crippen LogP contribution in [0, 0.1) is 19.7 Å². The summed E-state index contributed by atoms with van der Waals surface area (Å²) in [5.74, 6) is -0.729. The SMILES string of the molecule is COC(=O)C1=C(CSc2nc(C)cc(C)n2)NC(=O)NC1c1ccc(F)cc1. The zero-order valence-corrected chi connectivity index (χ0v) is 16.4. The van der Waals surface area contributed by atoms with E-state index in [-0.39, 0.29) is 11.3 Å². The quantitative estimate of drug-likeness (QED) is 0.454. The fourth-order valence-electron chi connectivity index (χ4n) is 2.88. The molecule has 2 heterocycles. The molecule has 146 valence electrons. The van der Waals surface area contributed by atoms with Crippen LogP contribution in [0.15, 0.2) is 46.8 Å². The van der Waals surface area contributed by atoms with Crippen molar-refractivity contribution < 1.29 is 18.7 Å². The Morgan fingerprint density at radius 2 is 1.86 bits per heavy atom. The molecule has 0 fully saturated rings. The molecule has 1 aliphatic heterocycles. The predicted molar refractivity (Wildman–Crippen MR) is 102 cm³/mol. The van der Waals surface area contributed by atoms with Gasteiger partial charge in [-0.25, -0.2) is 23.9 Å². The average Bonchev–Trinajstić information content (AvgIpc) is 2.65. The second-order valence-electron chi connectivity index (χ2n) is 6.19. The molecule has 0 spiro atoms. The normalized spacial score (nSPS) is 16.4. The number of rotatable bonds is 5. The third-order valence-corrected chi connectivity index (χ3v) is 4.94. The van der Waals surface area contributed by atoms with Crippen LogP contribution in [-0.4, -0.2) is 34.8 Å². The lowest BCUT2D eigenvalue weighted by Gasteiger charge is -2.29. The van der Waals surface area contributed by atoms with Crippen molar-refractivity contribution in [3.8, 4) is 0 Å². The van der Waals surface area contributed by atoms with Gasteiger partial charge in [0.25, 0.3) is 0 Å². The molecule has 1 unspecified atom stereocenters. The maximum absolute atomic E-state index is 13.3. The van der Waals surface area contributed by atoms with Gasteiger partial charge >= 0.3 is 12.0 Å². The van der Waals surface area contributed by atoms with Crippen LogP contribution in [0.3, 0.4) is 0 Å². The number of benzene rings is 1. The molecule has 0 bridgehead atoms. The highest BCUT2D eigenvalue weighted by atomic mass is 32.2. The van der Waals surface area contributed by atoms with Gasteiger partial charge in [0.05, 0.1) is 18.7 Å². The van der Waals surface area contributed by atoms with Crippen LogP contribution in [0.25, 0.3) is 0 Å². The van der Waals surface area contributed by atoms with E-state index in [0.29, 0.717) is 16.4 Å². The van der Waals surface area contributed by atoms with E-state index >= 15 is 0 Å². The molecule has 3 rings (SSSR count). The summed E-state index contributed by atoms with van der Waals surface area (Å²) in [5, 5.41) is 5.90. The third kappa shape index (κ3) is 4.48. The van der Waals surface area contributed by atoms with Crippen LogP contribution >= 0.6 is 11.8 Å². The summed E-state index contributed by atoms with van der Waals surface area (Å²) >= 11 is 1.30. The van der Waals surface area contributed by atoms with Gasteiger partial charge in [-0.2, -0.15) is 0 Å². The van der Waals surface area contributed by atoms with E-state index in [0.717, 1.165) is 11.4 Å². The molecule has 1 aromatic heterocycles. The molecule has 1 aromatic carbocycles. The van der Waals surface area contributed by atoms with Crippen molar-refractivity contribution in [2.24, 2.45) is 0 Å². The van der Waals surface area contributed by atoms with Crippen molar-refractivity contribution in [3.05, 3.63) is 64.4 Å². The number of halogens is 1. The van der Waals surface area contributed by atoms with Crippen LogP contribution in [0.5, 0.6) is 0 Å². The number of thioether (sulfide) groups is 1. The smallest absolute Gasteiger partial charge is 0.338 e. The van der Waals surface area contributed by atoms with Crippen molar-refractivity contribution in [1.82, 2.24) is 20.6 Å². The number of urea groups is 1. The summed E-state index contributed by atoms with van der Waals surface area (Å²) in [6.45, 7) is 3.74. The predicted octanol–water partition coefficient (Wildman–Crippen LogP) is 2.81. The fraction of sp³-hybridized carbons (Fsp3) is 0.263. The first-order valence-electron chi connectivity index (χ1n) is 8.47. The van der Waals surface area contributed by atoms with Crippen LogP contribution in [-0.2, 0) is 9.53 Å². The number of carbonyl (C=O) groups is 2. The Labute approximate surface area is 165 Å². The standard InChI is InChI=1S/C19H19FN4O3S/c1-10-8-11(2)22-19(21-10)28-9-14-15(17(25)27-3)16(24-18(26)23-14)12-4-6-13(20)7-5-12/h4-8,16H,9H2,1-3H3,(H2,23,24,26). The molecule has 0 aliphatic carbocycles. The number of amides is 2. The first-order chi connectivity index (χ1) is 13.4. The lowest BCUT2D eigenvalue weighted by atomic mass is 9.95. The number of methoxy groups -OCH3 is 1. The third-order valence-electron chi connectivity index (χ3n) is 4.07. The number of hydrogen-bond donors (Lipinski definition) is 2. The number of ether oxygens (including phenoxy) is 1. The Morgan fingerprint density at radius 3 is 2.46 bits per heavy atom. The number of carbonyl (C=O) groups excluding carboxylic acids is 2. The molecule has 2 amide bonds. The van der Waals surface area contributed by atoms with Crippen LogP contribution in [0.4, 0.5) is 9.18 Å². The Bertz CT molecular complexity index is 926. The number of aromatic nitrogens is 2. The summed E-state index contributed by atoms with van der Waals surface area (Å²) in [7, 11) is 1.27. The Morgan fingerprint density at radius 1 is 1.21 bits per heavy atom. The van der Waals surface area contributed by atoms with Gasteiger partial charge < -0.3 is 15.4 Å². The van der Waals surface area contributed by atoms with E-state index in [1.807, 2.05) is 19.9 Å². The van der Waals surface area contributed by atoms with Crippen LogP contribution < -0.4 is 10.6 Å². The van der Waals surface area contributed by atoms with E-state index in [2.05, 4.69) is 20.6 Å². The highest BCUT2D eigenvalue weighted by molar-refractivity contribution is 7.99. The zero-order chi connectivity index (χ0) is 20.3. The first-order valence-corrected chi connectivity index (χ1v) is 9.45. The van der Waals surface area contributed by atoms with Gasteiger partial charge in [-0.1, -0.05) is 23.9 Å². The molecule has 28 heavy (non-hydrogen) atoms. The Hall–Kier alpha value is -2.94. The van der Waals surface area contributed by atoms with Crippen LogP contribution in [0.2, 0.25) is 0 Å². The summed E-state index contributed by atoms with van der Waals surface area (Å²) < 4.78 is 18.2. The van der Waals surface area contributed by atoms with E-state index in [1.165, 1.54) is 43.1 Å². The number of nitrogens with zero attached hydrogens (tertiary/aromatic N) is 2. The molecule has 1 atom stereocenters. The second kappa shape index (κ2) is 8.39. The van der Waals surface area contributed by atoms with Gasteiger partial charge in [0, 0.05) is 22.8 Å². The van der Waals surface area contributed by atoms with Crippen molar-refractivity contribution in [2.75, 3.05) is 12.9 Å². The van der Waals surface area contributed by atoms with Crippen molar-refractivity contribution in [2.45, 2.75) is 25.0 Å². The van der Waals surface area contributed by atoms with Crippen molar-refractivity contribution >= 4 is 23.8 Å². The fourth-order valence-corrected chi connectivity index (χ4v) is 3.80. The van der Waals surface area contributed by atoms with Crippen molar-refractivity contribution in [1.29, 1.82) is 0 Å². The molecule has 0 radical (unpaired) electrons. The van der Waals surface area contributed by atoms with Gasteiger partial charge in [-0.3, -0.25) is 0 Å². The van der Waals surface area contributed by atoms with Gasteiger partial charge in [0.1, 0.15) is 5.82 Å². The number of nitrogens with one attached hydrogen (secondary N) is 2. The second-order valence-corrected chi connectivity index (χ2v) is 7.13. The summed E-state index contributed by atoms with van der Waals surface area (Å²) in [6.07, 6.45) is 0. The lowest BCUT2D eigenvalue weighted by Crippen LogP contribution is -2.46. The Kier molecular flexibility index (Phi) is 5.93. The highest BCUT2D eigenvalue weighted by Crippen LogP contribution is 2.30. The molecule has 7 nitrogen and oxygen atoms in total. The van der Waals surface area contributed by atoms with Gasteiger partial charge in [0.2, 0.25) is 0 Å². The maximum atomic E-state index is 13.3. The molecule has 9 heteroatoms. The lowest BCUT2D eigenvalue weighted by molar-refractivity contribution is -0.136. The van der Waals surface area contributed by atoms with E-state index in [1.54, 1.807) is 0 Å². The van der Waals surface area contributed by atoms with Gasteiger partial charge in [0.15, 0.2) is 5.16 Å². The molecular weight excluding hydrogens is 383 g/mol. The number of esters is 1. The summed E-state index contributed by atoms with van der Waals surface area (Å²) in [6, 6.07) is 6.24. The molecule has 2 N–H and O–H groups in total. The minimum atomic E-state index is -0.752. The van der Waals surface area contributed by atoms with Crippen molar-refractivity contribution in [3.63, 3.8) is 0 Å². The summed E-state index contributed by atoms with van der Waals surface area (Å²) in [5.41, 5.74) is 2.89. The molecule has 0 saturated carbocycles. The maximum Gasteiger partial charge on any atom is 0.338 e. The Balaban J connectivity index is 1.96. The number of hydrogen-bond acceptors (Lipinski definition) is 6. The topological polar surface area (TPSA) is 93.2 Å². The minimum absolute atomic E-state index is 0.255. The average molecular weight is 402 g/mol. The molecule has 2 aromatic rings. The van der Waals surface area contributed by atoms with E-state index < -0.39 is 23.9 Å². The monoisotopic (exact) mass is 402 g/mol. The van der Waals surface area contributed by atoms with Crippen LogP contribution in [0.1, 0.15) is 23.0 Å². The minimum Gasteiger partial charge on any atom is -0.466 e. The molecule has 0 saturated heterocycles. The van der Waals surface area contributed by atoms with E-state index in [9.17, 15) is 14.0 Å². The summed E-state index contributed by atoms with van der Waals surface area (Å²) in [4.78, 5) is 33.4. The largest absolute Gasteiger partial charge is 0.466 e. The zero-order valence-electron chi connectivity index (χ0n) is 15.6. The van der Waals surface area contributed by atoms with E-state index in [4.69, 9.17) is 4.74 Å². The van der Waals surface area contributed by atoms with Gasteiger partial charge in [-0.05, 0) is 37.6 Å².